The quantitative estimate of drug-likeness (QED) is 0.592. The molecule has 15 heavy (non-hydrogen) atoms. The molecule has 0 heterocycles. The average molecular weight is 201 g/mol. The monoisotopic (exact) mass is 201 g/mol. The van der Waals surface area contributed by atoms with Gasteiger partial charge in [-0.3, -0.25) is 4.79 Å². The van der Waals surface area contributed by atoms with Crippen LogP contribution in [0, 0.1) is 18.3 Å². The number of nitrogens with one attached hydrogen (secondary N) is 1. The summed E-state index contributed by atoms with van der Waals surface area (Å²) >= 11 is 0. The third-order valence-corrected chi connectivity index (χ3v) is 1.68. The summed E-state index contributed by atoms with van der Waals surface area (Å²) in [7, 11) is 0. The third-order valence-electron chi connectivity index (χ3n) is 1.68. The molecule has 0 unspecified atom stereocenters. The first-order valence-electron chi connectivity index (χ1n) is 4.48. The summed E-state index contributed by atoms with van der Waals surface area (Å²) in [5.41, 5.74) is 4.30. The number of rotatable bonds is 3. The third kappa shape index (κ3) is 4.05. The van der Waals surface area contributed by atoms with Crippen LogP contribution in [0.25, 0.3) is 0 Å². The second-order valence-corrected chi connectivity index (χ2v) is 3.04. The molecule has 0 bridgehead atoms. The first-order chi connectivity index (χ1) is 7.22. The van der Waals surface area contributed by atoms with Gasteiger partial charge in [-0.25, -0.2) is 5.43 Å². The molecule has 1 amide bonds. The summed E-state index contributed by atoms with van der Waals surface area (Å²) in [4.78, 5) is 10.9. The predicted octanol–water partition coefficient (Wildman–Crippen LogP) is 1.36. The Hall–Kier alpha value is -2.15. The zero-order valence-corrected chi connectivity index (χ0v) is 8.40. The van der Waals surface area contributed by atoms with E-state index in [-0.39, 0.29) is 6.42 Å². The Morgan fingerprint density at radius 3 is 3.13 bits per heavy atom. The maximum atomic E-state index is 10.9. The fraction of sp³-hybridized carbons (Fsp3) is 0.182. The highest BCUT2D eigenvalue weighted by Crippen LogP contribution is 2.00. The molecule has 1 N–H and O–H groups in total. The maximum absolute atomic E-state index is 10.9. The van der Waals surface area contributed by atoms with Gasteiger partial charge in [-0.1, -0.05) is 29.8 Å². The molecule has 4 heteroatoms. The van der Waals surface area contributed by atoms with E-state index in [2.05, 4.69) is 10.5 Å². The van der Waals surface area contributed by atoms with Gasteiger partial charge in [0.1, 0.15) is 6.42 Å². The lowest BCUT2D eigenvalue weighted by molar-refractivity contribution is -0.120. The van der Waals surface area contributed by atoms with Crippen molar-refractivity contribution in [1.29, 1.82) is 5.26 Å². The van der Waals surface area contributed by atoms with Crippen molar-refractivity contribution >= 4 is 12.1 Å². The largest absolute Gasteiger partial charge is 0.272 e. The van der Waals surface area contributed by atoms with Gasteiger partial charge in [-0.05, 0) is 12.5 Å². The van der Waals surface area contributed by atoms with Crippen molar-refractivity contribution in [1.82, 2.24) is 5.43 Å². The normalized spacial score (nSPS) is 9.87. The Morgan fingerprint density at radius 1 is 1.67 bits per heavy atom. The van der Waals surface area contributed by atoms with Crippen LogP contribution in [0.1, 0.15) is 17.5 Å². The van der Waals surface area contributed by atoms with Crippen molar-refractivity contribution in [3.05, 3.63) is 35.4 Å². The van der Waals surface area contributed by atoms with Crippen LogP contribution in [-0.4, -0.2) is 12.1 Å². The smallest absolute Gasteiger partial charge is 0.254 e. The van der Waals surface area contributed by atoms with Crippen LogP contribution >= 0.6 is 0 Å². The van der Waals surface area contributed by atoms with Crippen molar-refractivity contribution < 1.29 is 4.79 Å². The fourth-order valence-electron chi connectivity index (χ4n) is 1.04. The topological polar surface area (TPSA) is 65.2 Å². The first-order valence-corrected chi connectivity index (χ1v) is 4.48. The Morgan fingerprint density at radius 2 is 2.47 bits per heavy atom. The minimum Gasteiger partial charge on any atom is -0.272 e. The van der Waals surface area contributed by atoms with Crippen LogP contribution in [0.2, 0.25) is 0 Å². The standard InChI is InChI=1S/C11H11N3O/c1-9-3-2-4-10(7-9)8-13-14-11(15)5-6-12/h2-4,7-8H,5H2,1H3,(H,14,15)/b13-8-. The lowest BCUT2D eigenvalue weighted by Crippen LogP contribution is -2.16. The van der Waals surface area contributed by atoms with Gasteiger partial charge in [0.2, 0.25) is 0 Å². The van der Waals surface area contributed by atoms with Gasteiger partial charge >= 0.3 is 0 Å². The molecule has 1 aromatic carbocycles. The number of nitrogens with zero attached hydrogens (tertiary/aromatic N) is 2. The van der Waals surface area contributed by atoms with E-state index in [1.165, 1.54) is 0 Å². The SMILES string of the molecule is Cc1cccc(/C=N\NC(=O)CC#N)c1. The summed E-state index contributed by atoms with van der Waals surface area (Å²) in [5.74, 6) is -0.401. The molecule has 0 radical (unpaired) electrons. The second kappa shape index (κ2) is 5.55. The number of benzene rings is 1. The number of carbonyl (C=O) groups is 1. The molecule has 0 aliphatic heterocycles. The van der Waals surface area contributed by atoms with Gasteiger partial charge in [0, 0.05) is 0 Å². The maximum Gasteiger partial charge on any atom is 0.254 e. The van der Waals surface area contributed by atoms with Crippen LogP contribution < -0.4 is 5.43 Å². The molecule has 0 atom stereocenters. The van der Waals surface area contributed by atoms with Crippen LogP contribution in [-0.2, 0) is 4.79 Å². The van der Waals surface area contributed by atoms with E-state index in [0.29, 0.717) is 0 Å². The van der Waals surface area contributed by atoms with Gasteiger partial charge in [-0.2, -0.15) is 10.4 Å². The Bertz CT molecular complexity index is 418. The molecule has 0 aromatic heterocycles. The molecule has 0 aliphatic rings. The zero-order valence-electron chi connectivity index (χ0n) is 8.40. The van der Waals surface area contributed by atoms with Gasteiger partial charge in [0.15, 0.2) is 0 Å². The van der Waals surface area contributed by atoms with E-state index < -0.39 is 5.91 Å². The molecule has 1 rings (SSSR count). The number of nitriles is 1. The van der Waals surface area contributed by atoms with Crippen LogP contribution in [0.5, 0.6) is 0 Å². The summed E-state index contributed by atoms with van der Waals surface area (Å²) in [5, 5.41) is 12.0. The lowest BCUT2D eigenvalue weighted by Gasteiger charge is -1.95. The van der Waals surface area contributed by atoms with Crippen molar-refractivity contribution in [2.24, 2.45) is 5.10 Å². The van der Waals surface area contributed by atoms with Gasteiger partial charge in [-0.15, -0.1) is 0 Å². The van der Waals surface area contributed by atoms with E-state index in [1.807, 2.05) is 31.2 Å². The molecule has 0 fully saturated rings. The number of amides is 1. The predicted molar refractivity (Wildman–Crippen MR) is 57.1 cm³/mol. The minimum atomic E-state index is -0.401. The summed E-state index contributed by atoms with van der Waals surface area (Å²) in [6, 6.07) is 9.45. The molecule has 0 saturated heterocycles. The average Bonchev–Trinajstić information content (AvgIpc) is 2.18. The minimum absolute atomic E-state index is 0.175. The Labute approximate surface area is 88.2 Å². The summed E-state index contributed by atoms with van der Waals surface area (Å²) < 4.78 is 0. The number of hydrazone groups is 1. The molecule has 1 aromatic rings. The van der Waals surface area contributed by atoms with Gasteiger partial charge < -0.3 is 0 Å². The van der Waals surface area contributed by atoms with Gasteiger partial charge in [0.25, 0.3) is 5.91 Å². The molecule has 76 valence electrons. The van der Waals surface area contributed by atoms with E-state index in [4.69, 9.17) is 5.26 Å². The highest BCUT2D eigenvalue weighted by molar-refractivity contribution is 5.83. The fourth-order valence-corrected chi connectivity index (χ4v) is 1.04. The second-order valence-electron chi connectivity index (χ2n) is 3.04. The number of hydrogen-bond donors (Lipinski definition) is 1. The van der Waals surface area contributed by atoms with E-state index in [0.717, 1.165) is 11.1 Å². The summed E-state index contributed by atoms with van der Waals surface area (Å²) in [6.45, 7) is 1.98. The van der Waals surface area contributed by atoms with Crippen molar-refractivity contribution in [3.63, 3.8) is 0 Å². The molecule has 0 saturated carbocycles. The molecule has 0 spiro atoms. The van der Waals surface area contributed by atoms with E-state index >= 15 is 0 Å². The van der Waals surface area contributed by atoms with Crippen LogP contribution in [0.3, 0.4) is 0 Å². The number of aryl methyl sites for hydroxylation is 1. The Balaban J connectivity index is 2.52. The zero-order chi connectivity index (χ0) is 11.1. The van der Waals surface area contributed by atoms with Crippen LogP contribution in [0.15, 0.2) is 29.4 Å². The molecule has 4 nitrogen and oxygen atoms in total. The highest BCUT2D eigenvalue weighted by Gasteiger charge is 1.95. The first kappa shape index (κ1) is 10.9. The van der Waals surface area contributed by atoms with Crippen molar-refractivity contribution in [2.75, 3.05) is 0 Å². The van der Waals surface area contributed by atoms with E-state index in [9.17, 15) is 4.79 Å². The molecule has 0 aliphatic carbocycles. The van der Waals surface area contributed by atoms with Crippen molar-refractivity contribution in [2.45, 2.75) is 13.3 Å². The molecular formula is C11H11N3O. The number of carbonyl (C=O) groups excluding carboxylic acids is 1. The molecular weight excluding hydrogens is 190 g/mol. The Kier molecular flexibility index (Phi) is 4.05. The van der Waals surface area contributed by atoms with Crippen LogP contribution in [0.4, 0.5) is 0 Å². The van der Waals surface area contributed by atoms with E-state index in [1.54, 1.807) is 12.3 Å². The number of hydrogen-bond acceptors (Lipinski definition) is 3. The van der Waals surface area contributed by atoms with Crippen molar-refractivity contribution in [3.8, 4) is 6.07 Å². The summed E-state index contributed by atoms with van der Waals surface area (Å²) in [6.07, 6.45) is 1.37. The lowest BCUT2D eigenvalue weighted by atomic mass is 10.2. The highest BCUT2D eigenvalue weighted by atomic mass is 16.2. The van der Waals surface area contributed by atoms with Gasteiger partial charge in [0.05, 0.1) is 12.3 Å².